The van der Waals surface area contributed by atoms with Gasteiger partial charge in [0.2, 0.25) is 0 Å². The molecule has 2 heterocycles. The van der Waals surface area contributed by atoms with Crippen molar-refractivity contribution in [3.05, 3.63) is 17.2 Å². The number of imidazole rings is 1. The molecule has 2 atom stereocenters. The van der Waals surface area contributed by atoms with Crippen LogP contribution in [-0.2, 0) is 15.9 Å². The molecule has 26 heavy (non-hydrogen) atoms. The highest BCUT2D eigenvalue weighted by atomic mass is 16.6. The van der Waals surface area contributed by atoms with Crippen LogP contribution in [0, 0.1) is 6.92 Å². The van der Waals surface area contributed by atoms with Crippen LogP contribution in [0.5, 0.6) is 0 Å². The first-order valence-corrected chi connectivity index (χ1v) is 9.01. The van der Waals surface area contributed by atoms with E-state index in [0.717, 1.165) is 17.8 Å². The maximum atomic E-state index is 12.5. The molecule has 2 N–H and O–H groups in total. The number of hydrogen-bond acceptors (Lipinski definition) is 5. The second-order valence-corrected chi connectivity index (χ2v) is 7.57. The summed E-state index contributed by atoms with van der Waals surface area (Å²) in [6, 6.07) is -0.193. The standard InChI is InChI=1S/C18H30N4O4/c1-7-12-11(2)19-15(20-12)16(23)21-13-8-9-22(10-14(13)25-6)17(24)26-18(3,4)5/h13-14H,7-10H2,1-6H3,(H,19,20)(H,21,23). The number of rotatable bonds is 4. The summed E-state index contributed by atoms with van der Waals surface area (Å²) in [6.07, 6.45) is 0.714. The van der Waals surface area contributed by atoms with Crippen LogP contribution in [0.4, 0.5) is 4.79 Å². The van der Waals surface area contributed by atoms with Crippen molar-refractivity contribution in [3.63, 3.8) is 0 Å². The maximum absolute atomic E-state index is 12.5. The van der Waals surface area contributed by atoms with Crippen LogP contribution in [0.3, 0.4) is 0 Å². The summed E-state index contributed by atoms with van der Waals surface area (Å²) in [4.78, 5) is 33.7. The minimum atomic E-state index is -0.543. The molecule has 1 aliphatic rings. The normalized spacial score (nSPS) is 20.8. The van der Waals surface area contributed by atoms with Gasteiger partial charge in [-0.3, -0.25) is 4.79 Å². The molecule has 0 bridgehead atoms. The Hall–Kier alpha value is -2.09. The van der Waals surface area contributed by atoms with E-state index in [1.807, 2.05) is 34.6 Å². The molecule has 8 nitrogen and oxygen atoms in total. The molecular formula is C18H30N4O4. The molecule has 146 valence electrons. The fourth-order valence-electron chi connectivity index (χ4n) is 3.00. The predicted octanol–water partition coefficient (Wildman–Crippen LogP) is 2.03. The summed E-state index contributed by atoms with van der Waals surface area (Å²) in [5.74, 6) is 0.0503. The molecule has 1 aliphatic heterocycles. The van der Waals surface area contributed by atoms with Crippen molar-refractivity contribution in [1.82, 2.24) is 20.2 Å². The molecule has 0 spiro atoms. The monoisotopic (exact) mass is 366 g/mol. The van der Waals surface area contributed by atoms with Crippen LogP contribution in [0.2, 0.25) is 0 Å². The molecule has 2 unspecified atom stereocenters. The fraction of sp³-hybridized carbons (Fsp3) is 0.722. The Kier molecular flexibility index (Phi) is 6.28. The van der Waals surface area contributed by atoms with Gasteiger partial charge in [0, 0.05) is 19.3 Å². The lowest BCUT2D eigenvalue weighted by Gasteiger charge is -2.38. The molecule has 0 saturated carbocycles. The zero-order chi connectivity index (χ0) is 19.5. The highest BCUT2D eigenvalue weighted by Gasteiger charge is 2.35. The SMILES string of the molecule is CCc1[nH]c(C(=O)NC2CCN(C(=O)OC(C)(C)C)CC2OC)nc1C. The van der Waals surface area contributed by atoms with Gasteiger partial charge < -0.3 is 24.7 Å². The van der Waals surface area contributed by atoms with Crippen LogP contribution in [-0.4, -0.2) is 64.8 Å². The Bertz CT molecular complexity index is 650. The van der Waals surface area contributed by atoms with Gasteiger partial charge in [-0.2, -0.15) is 0 Å². The number of hydrogen-bond donors (Lipinski definition) is 2. The summed E-state index contributed by atoms with van der Waals surface area (Å²) in [5, 5.41) is 2.97. The first-order valence-electron chi connectivity index (χ1n) is 9.01. The summed E-state index contributed by atoms with van der Waals surface area (Å²) >= 11 is 0. The zero-order valence-corrected chi connectivity index (χ0v) is 16.5. The molecule has 2 amide bonds. The lowest BCUT2D eigenvalue weighted by atomic mass is 10.0. The first kappa shape index (κ1) is 20.2. The van der Waals surface area contributed by atoms with Gasteiger partial charge in [-0.05, 0) is 40.5 Å². The van der Waals surface area contributed by atoms with Crippen LogP contribution in [0.1, 0.15) is 56.1 Å². The Morgan fingerprint density at radius 1 is 1.38 bits per heavy atom. The Morgan fingerprint density at radius 2 is 2.08 bits per heavy atom. The number of carbonyl (C=O) groups excluding carboxylic acids is 2. The molecule has 1 fully saturated rings. The quantitative estimate of drug-likeness (QED) is 0.850. The molecule has 2 rings (SSSR count). The predicted molar refractivity (Wildman–Crippen MR) is 97.2 cm³/mol. The topological polar surface area (TPSA) is 96.6 Å². The van der Waals surface area contributed by atoms with Crippen molar-refractivity contribution >= 4 is 12.0 Å². The smallest absolute Gasteiger partial charge is 0.410 e. The van der Waals surface area contributed by atoms with Crippen LogP contribution in [0.15, 0.2) is 0 Å². The van der Waals surface area contributed by atoms with Gasteiger partial charge in [-0.15, -0.1) is 0 Å². The highest BCUT2D eigenvalue weighted by Crippen LogP contribution is 2.18. The minimum absolute atomic E-state index is 0.193. The van der Waals surface area contributed by atoms with Gasteiger partial charge in [0.15, 0.2) is 5.82 Å². The second-order valence-electron chi connectivity index (χ2n) is 7.57. The average Bonchev–Trinajstić information content (AvgIpc) is 2.94. The van der Waals surface area contributed by atoms with E-state index in [2.05, 4.69) is 15.3 Å². The number of nitrogens with one attached hydrogen (secondary N) is 2. The van der Waals surface area contributed by atoms with Crippen LogP contribution >= 0.6 is 0 Å². The number of aromatic nitrogens is 2. The molecule has 1 saturated heterocycles. The fourth-order valence-corrected chi connectivity index (χ4v) is 3.00. The summed E-state index contributed by atoms with van der Waals surface area (Å²) in [7, 11) is 1.58. The third kappa shape index (κ3) is 4.97. The molecular weight excluding hydrogens is 336 g/mol. The number of amides is 2. The number of H-pyrrole nitrogens is 1. The molecule has 0 aliphatic carbocycles. The summed E-state index contributed by atoms with van der Waals surface area (Å²) in [5.41, 5.74) is 1.25. The summed E-state index contributed by atoms with van der Waals surface area (Å²) < 4.78 is 10.9. The largest absolute Gasteiger partial charge is 0.444 e. The second kappa shape index (κ2) is 8.07. The van der Waals surface area contributed by atoms with E-state index in [-0.39, 0.29) is 24.1 Å². The molecule has 1 aromatic heterocycles. The third-order valence-corrected chi connectivity index (χ3v) is 4.38. The number of ether oxygens (including phenoxy) is 2. The lowest BCUT2D eigenvalue weighted by Crippen LogP contribution is -2.56. The van der Waals surface area contributed by atoms with Gasteiger partial charge in [-0.1, -0.05) is 6.92 Å². The summed E-state index contributed by atoms with van der Waals surface area (Å²) in [6.45, 7) is 10.3. The molecule has 1 aromatic rings. The third-order valence-electron chi connectivity index (χ3n) is 4.38. The average molecular weight is 366 g/mol. The van der Waals surface area contributed by atoms with E-state index in [9.17, 15) is 9.59 Å². The van der Waals surface area contributed by atoms with E-state index in [0.29, 0.717) is 25.3 Å². The van der Waals surface area contributed by atoms with E-state index >= 15 is 0 Å². The Labute approximate surface area is 154 Å². The van der Waals surface area contributed by atoms with Gasteiger partial charge in [0.1, 0.15) is 5.60 Å². The van der Waals surface area contributed by atoms with Gasteiger partial charge in [0.25, 0.3) is 5.91 Å². The van der Waals surface area contributed by atoms with Gasteiger partial charge in [-0.25, -0.2) is 9.78 Å². The molecule has 0 radical (unpaired) electrons. The van der Waals surface area contributed by atoms with Crippen LogP contribution in [0.25, 0.3) is 0 Å². The first-order chi connectivity index (χ1) is 12.1. The van der Waals surface area contributed by atoms with E-state index in [4.69, 9.17) is 9.47 Å². The van der Waals surface area contributed by atoms with Crippen molar-refractivity contribution in [1.29, 1.82) is 0 Å². The number of carbonyl (C=O) groups is 2. The number of nitrogens with zero attached hydrogens (tertiary/aromatic N) is 2. The number of piperidine rings is 1. The number of methoxy groups -OCH3 is 1. The van der Waals surface area contributed by atoms with Crippen molar-refractivity contribution in [2.45, 2.75) is 65.2 Å². The van der Waals surface area contributed by atoms with Crippen molar-refractivity contribution < 1.29 is 19.1 Å². The van der Waals surface area contributed by atoms with Gasteiger partial charge in [0.05, 0.1) is 24.4 Å². The van der Waals surface area contributed by atoms with Crippen molar-refractivity contribution in [3.8, 4) is 0 Å². The van der Waals surface area contributed by atoms with E-state index in [1.165, 1.54) is 0 Å². The zero-order valence-electron chi connectivity index (χ0n) is 16.5. The van der Waals surface area contributed by atoms with Crippen molar-refractivity contribution in [2.24, 2.45) is 0 Å². The Morgan fingerprint density at radius 3 is 2.62 bits per heavy atom. The molecule has 8 heteroatoms. The minimum Gasteiger partial charge on any atom is -0.444 e. The number of aromatic amines is 1. The van der Waals surface area contributed by atoms with Crippen LogP contribution < -0.4 is 5.32 Å². The van der Waals surface area contributed by atoms with Crippen molar-refractivity contribution in [2.75, 3.05) is 20.2 Å². The van der Waals surface area contributed by atoms with E-state index in [1.54, 1.807) is 12.0 Å². The van der Waals surface area contributed by atoms with Gasteiger partial charge >= 0.3 is 6.09 Å². The number of aryl methyl sites for hydroxylation is 2. The lowest BCUT2D eigenvalue weighted by molar-refractivity contribution is -0.0172. The highest BCUT2D eigenvalue weighted by molar-refractivity contribution is 5.91. The van der Waals surface area contributed by atoms with E-state index < -0.39 is 5.60 Å². The molecule has 0 aromatic carbocycles. The Balaban J connectivity index is 1.98. The number of likely N-dealkylation sites (tertiary alicyclic amines) is 1. The maximum Gasteiger partial charge on any atom is 0.410 e.